The highest BCUT2D eigenvalue weighted by molar-refractivity contribution is 6.35. The number of pyridine rings is 1. The number of fused-ring (bicyclic) bond motifs is 1. The second kappa shape index (κ2) is 15.7. The predicted octanol–water partition coefficient (Wildman–Crippen LogP) is 5.22. The van der Waals surface area contributed by atoms with Crippen molar-refractivity contribution >= 4 is 40.2 Å². The molecule has 13 heteroatoms. The van der Waals surface area contributed by atoms with Gasteiger partial charge in [-0.25, -0.2) is 4.98 Å². The molecule has 0 atom stereocenters. The van der Waals surface area contributed by atoms with Crippen LogP contribution in [0.3, 0.4) is 0 Å². The summed E-state index contributed by atoms with van der Waals surface area (Å²) in [7, 11) is 4.74. The lowest BCUT2D eigenvalue weighted by Crippen LogP contribution is -2.54. The number of carbonyl (C=O) groups is 1. The molecule has 3 heterocycles. The monoisotopic (exact) mass is 698 g/mol. The Bertz CT molecular complexity index is 2010. The summed E-state index contributed by atoms with van der Waals surface area (Å²) >= 11 is 6.71. The maximum atomic E-state index is 14.2. The van der Waals surface area contributed by atoms with E-state index < -0.39 is 11.4 Å². The first-order valence-electron chi connectivity index (χ1n) is 16.5. The molecule has 1 aliphatic rings. The van der Waals surface area contributed by atoms with Crippen LogP contribution >= 0.6 is 11.6 Å². The molecule has 1 amide bonds. The number of halogens is 1. The number of nitrogens with zero attached hydrogens (tertiary/aromatic N) is 6. The van der Waals surface area contributed by atoms with Gasteiger partial charge in [-0.05, 0) is 62.7 Å². The van der Waals surface area contributed by atoms with E-state index in [-0.39, 0.29) is 22.7 Å². The van der Waals surface area contributed by atoms with Crippen molar-refractivity contribution in [2.45, 2.75) is 39.3 Å². The second-order valence-corrected chi connectivity index (χ2v) is 13.0. The fraction of sp³-hybridized carbons (Fsp3) is 0.378. The number of aryl methyl sites for hydroxylation is 2. The Kier molecular flexibility index (Phi) is 11.4. The van der Waals surface area contributed by atoms with Crippen LogP contribution < -0.4 is 25.7 Å². The first-order chi connectivity index (χ1) is 24.0. The first kappa shape index (κ1) is 36.3. The maximum absolute atomic E-state index is 14.2. The number of carbonyl (C=O) groups excluding carboxylic acids is 1. The highest BCUT2D eigenvalue weighted by Gasteiger charge is 2.29. The molecule has 0 radical (unpaired) electrons. The van der Waals surface area contributed by atoms with Crippen molar-refractivity contribution in [1.82, 2.24) is 24.3 Å². The Hall–Kier alpha value is -4.96. The molecule has 1 aliphatic heterocycles. The molecule has 50 heavy (non-hydrogen) atoms. The molecular formula is C37H43ClN8O4. The van der Waals surface area contributed by atoms with Crippen LogP contribution in [0.5, 0.6) is 11.5 Å². The number of amides is 1. The van der Waals surface area contributed by atoms with Gasteiger partial charge in [-0.1, -0.05) is 30.7 Å². The molecule has 262 valence electrons. The number of anilines is 2. The quantitative estimate of drug-likeness (QED) is 0.150. The zero-order valence-electron chi connectivity index (χ0n) is 29.3. The van der Waals surface area contributed by atoms with Crippen molar-refractivity contribution in [3.63, 3.8) is 0 Å². The molecule has 2 aromatic heterocycles. The van der Waals surface area contributed by atoms with Gasteiger partial charge in [-0.15, -0.1) is 0 Å². The zero-order chi connectivity index (χ0) is 36.0. The number of nitriles is 1. The second-order valence-electron chi connectivity index (χ2n) is 12.6. The van der Waals surface area contributed by atoms with Crippen LogP contribution in [-0.2, 0) is 17.8 Å². The van der Waals surface area contributed by atoms with E-state index in [1.165, 1.54) is 14.2 Å². The van der Waals surface area contributed by atoms with Gasteiger partial charge in [0.15, 0.2) is 0 Å². The van der Waals surface area contributed by atoms with E-state index in [2.05, 4.69) is 43.4 Å². The molecule has 0 spiro atoms. The summed E-state index contributed by atoms with van der Waals surface area (Å²) in [6.45, 7) is 11.1. The molecule has 12 nitrogen and oxygen atoms in total. The molecule has 1 saturated heterocycles. The summed E-state index contributed by atoms with van der Waals surface area (Å²) in [4.78, 5) is 41.1. The third-order valence-electron chi connectivity index (χ3n) is 9.12. The van der Waals surface area contributed by atoms with Crippen molar-refractivity contribution in [2.75, 3.05) is 64.6 Å². The Morgan fingerprint density at radius 1 is 1.10 bits per heavy atom. The van der Waals surface area contributed by atoms with E-state index in [9.17, 15) is 14.9 Å². The van der Waals surface area contributed by atoms with Crippen LogP contribution in [0.1, 0.15) is 26.3 Å². The first-order valence-corrected chi connectivity index (χ1v) is 16.9. The number of likely N-dealkylation sites (N-methyl/N-ethyl adjacent to an activating group) is 1. The van der Waals surface area contributed by atoms with Gasteiger partial charge in [0.25, 0.3) is 11.5 Å². The molecular weight excluding hydrogens is 656 g/mol. The Labute approximate surface area is 297 Å². The average molecular weight is 699 g/mol. The molecule has 0 aliphatic carbocycles. The van der Waals surface area contributed by atoms with E-state index in [0.29, 0.717) is 51.7 Å². The number of benzene rings is 2. The van der Waals surface area contributed by atoms with Crippen molar-refractivity contribution in [1.29, 1.82) is 5.26 Å². The number of aromatic nitrogens is 3. The Balaban J connectivity index is 1.41. The van der Waals surface area contributed by atoms with Crippen LogP contribution in [0, 0.1) is 11.3 Å². The third kappa shape index (κ3) is 7.91. The van der Waals surface area contributed by atoms with Crippen molar-refractivity contribution < 1.29 is 14.3 Å². The van der Waals surface area contributed by atoms with Crippen molar-refractivity contribution in [2.24, 2.45) is 0 Å². The van der Waals surface area contributed by atoms with E-state index in [1.807, 2.05) is 32.0 Å². The zero-order valence-corrected chi connectivity index (χ0v) is 30.1. The van der Waals surface area contributed by atoms with Crippen LogP contribution in [0.2, 0.25) is 5.02 Å². The number of ether oxygens (including phenoxy) is 2. The smallest absolute Gasteiger partial charge is 0.266 e. The van der Waals surface area contributed by atoms with Crippen LogP contribution in [0.4, 0.5) is 11.6 Å². The lowest BCUT2D eigenvalue weighted by molar-refractivity contribution is -0.112. The fourth-order valence-electron chi connectivity index (χ4n) is 6.19. The fourth-order valence-corrected chi connectivity index (χ4v) is 6.48. The Morgan fingerprint density at radius 2 is 1.86 bits per heavy atom. The highest BCUT2D eigenvalue weighted by Crippen LogP contribution is 2.38. The summed E-state index contributed by atoms with van der Waals surface area (Å²) in [6, 6.07) is 14.5. The predicted molar refractivity (Wildman–Crippen MR) is 197 cm³/mol. The van der Waals surface area contributed by atoms with Gasteiger partial charge in [0.1, 0.15) is 28.8 Å². The summed E-state index contributed by atoms with van der Waals surface area (Å²) < 4.78 is 12.5. The van der Waals surface area contributed by atoms with E-state index in [4.69, 9.17) is 21.1 Å². The van der Waals surface area contributed by atoms with Gasteiger partial charge in [-0.2, -0.15) is 10.2 Å². The normalized spacial score (nSPS) is 14.3. The van der Waals surface area contributed by atoms with Crippen LogP contribution in [-0.4, -0.2) is 89.8 Å². The van der Waals surface area contributed by atoms with Crippen molar-refractivity contribution in [3.05, 3.63) is 81.3 Å². The number of nitrogens with one attached hydrogen (secondary N) is 2. The topological polar surface area (TPSA) is 138 Å². The standard InChI is InChI=1S/C37H43ClN8O4/c1-7-44-13-15-45(16-14-44)37(2,3)21-26(22-39)34(47)42-27-10-8-9-24(17-27)11-12-46-33-25(23-41-36(40-4)43-33)18-30(35(46)48)29-19-28(49-5)20-31(50-6)32(29)38/h8-10,17-21,23H,7,11-16H2,1-6H3,(H,42,47)(H,40,41,43)/b26-21+. The van der Waals surface area contributed by atoms with Gasteiger partial charge in [0.2, 0.25) is 5.95 Å². The number of piperazine rings is 1. The third-order valence-corrected chi connectivity index (χ3v) is 9.51. The van der Waals surface area contributed by atoms with E-state index in [1.54, 1.807) is 48.2 Å². The van der Waals surface area contributed by atoms with Gasteiger partial charge in [-0.3, -0.25) is 19.1 Å². The minimum absolute atomic E-state index is 0.0565. The number of hydrogen-bond donors (Lipinski definition) is 2. The lowest BCUT2D eigenvalue weighted by atomic mass is 9.97. The molecule has 5 rings (SSSR count). The number of methoxy groups -OCH3 is 2. The molecule has 2 N–H and O–H groups in total. The summed E-state index contributed by atoms with van der Waals surface area (Å²) in [5.41, 5.74) is 1.95. The maximum Gasteiger partial charge on any atom is 0.266 e. The molecule has 1 fully saturated rings. The van der Waals surface area contributed by atoms with E-state index >= 15 is 0 Å². The SMILES string of the molecule is CCN1CCN(C(C)(C)/C=C(\C#N)C(=O)Nc2cccc(CCn3c(=O)c(-c4cc(OC)cc(OC)c4Cl)cc4cnc(NC)nc43)c2)CC1. The largest absolute Gasteiger partial charge is 0.497 e. The molecule has 0 saturated carbocycles. The van der Waals surface area contributed by atoms with E-state index in [0.717, 1.165) is 38.3 Å². The molecule has 4 aromatic rings. The van der Waals surface area contributed by atoms with Gasteiger partial charge < -0.3 is 25.0 Å². The Morgan fingerprint density at radius 3 is 2.52 bits per heavy atom. The van der Waals surface area contributed by atoms with Gasteiger partial charge in [0, 0.05) is 79.8 Å². The van der Waals surface area contributed by atoms with Crippen LogP contribution in [0.25, 0.3) is 22.2 Å². The summed E-state index contributed by atoms with van der Waals surface area (Å²) in [5, 5.41) is 16.7. The van der Waals surface area contributed by atoms with Gasteiger partial charge in [0.05, 0.1) is 19.2 Å². The molecule has 0 unspecified atom stereocenters. The molecule has 0 bridgehead atoms. The van der Waals surface area contributed by atoms with Crippen LogP contribution in [0.15, 0.2) is 65.1 Å². The minimum Gasteiger partial charge on any atom is -0.497 e. The molecule has 2 aromatic carbocycles. The number of hydrogen-bond acceptors (Lipinski definition) is 10. The minimum atomic E-state index is -0.471. The van der Waals surface area contributed by atoms with Crippen molar-refractivity contribution in [3.8, 4) is 28.7 Å². The summed E-state index contributed by atoms with van der Waals surface area (Å²) in [6.07, 6.45) is 3.85. The highest BCUT2D eigenvalue weighted by atomic mass is 35.5. The van der Waals surface area contributed by atoms with Gasteiger partial charge >= 0.3 is 0 Å². The lowest BCUT2D eigenvalue weighted by Gasteiger charge is -2.42. The summed E-state index contributed by atoms with van der Waals surface area (Å²) in [5.74, 6) is 0.764. The number of rotatable bonds is 12. The average Bonchev–Trinajstić information content (AvgIpc) is 3.13.